The van der Waals surface area contributed by atoms with Crippen molar-refractivity contribution in [3.8, 4) is 0 Å². The second-order valence-corrected chi connectivity index (χ2v) is 7.97. The van der Waals surface area contributed by atoms with E-state index in [2.05, 4.69) is 10.3 Å². The Morgan fingerprint density at radius 3 is 2.60 bits per heavy atom. The van der Waals surface area contributed by atoms with E-state index in [1.807, 2.05) is 0 Å². The molecule has 1 saturated heterocycles. The number of thioether (sulfide) groups is 1. The van der Waals surface area contributed by atoms with Crippen molar-refractivity contribution in [2.45, 2.75) is 18.6 Å². The molecule has 1 N–H and O–H groups in total. The highest BCUT2D eigenvalue weighted by Gasteiger charge is 2.34. The van der Waals surface area contributed by atoms with E-state index in [0.717, 1.165) is 0 Å². The third-order valence-electron chi connectivity index (χ3n) is 4.30. The number of benzene rings is 2. The van der Waals surface area contributed by atoms with Crippen LogP contribution in [0, 0.1) is 0 Å². The predicted octanol–water partition coefficient (Wildman–Crippen LogP) is 4.11. The summed E-state index contributed by atoms with van der Waals surface area (Å²) in [7, 11) is 1.61. The van der Waals surface area contributed by atoms with Gasteiger partial charge in [0.2, 0.25) is 11.8 Å². The van der Waals surface area contributed by atoms with Crippen molar-refractivity contribution < 1.29 is 19.1 Å². The first-order chi connectivity index (χ1) is 14.4. The smallest absolute Gasteiger partial charge is 0.338 e. The van der Waals surface area contributed by atoms with Crippen LogP contribution in [0.3, 0.4) is 0 Å². The van der Waals surface area contributed by atoms with E-state index in [0.29, 0.717) is 33.7 Å². The van der Waals surface area contributed by atoms with E-state index < -0.39 is 11.2 Å². The van der Waals surface area contributed by atoms with Crippen LogP contribution in [0.1, 0.15) is 23.7 Å². The number of amidine groups is 1. The zero-order chi connectivity index (χ0) is 21.7. The number of halogens is 1. The lowest BCUT2D eigenvalue weighted by Gasteiger charge is -2.28. The number of ether oxygens (including phenoxy) is 1. The minimum absolute atomic E-state index is 0.0538. The van der Waals surface area contributed by atoms with Crippen LogP contribution in [-0.4, -0.2) is 46.8 Å². The minimum Gasteiger partial charge on any atom is -0.462 e. The number of aliphatic imine (C=N–C) groups is 1. The standard InChI is InChI=1S/C21H20ClN3O4S/c1-3-29-20(28)13-8-10-14(11-9-13)23-21-25(2)18(26)12-17(30-21)19(27)24-16-7-5-4-6-15(16)22/h4-11,17H,3,12H2,1-2H3,(H,24,27)/t17-/m0/s1. The maximum atomic E-state index is 12.7. The van der Waals surface area contributed by atoms with Gasteiger partial charge in [0, 0.05) is 13.5 Å². The van der Waals surface area contributed by atoms with Gasteiger partial charge in [0.15, 0.2) is 5.17 Å². The van der Waals surface area contributed by atoms with Gasteiger partial charge in [0.25, 0.3) is 0 Å². The molecule has 2 aromatic rings. The Morgan fingerprint density at radius 2 is 1.93 bits per heavy atom. The fourth-order valence-electron chi connectivity index (χ4n) is 2.67. The van der Waals surface area contributed by atoms with Crippen LogP contribution < -0.4 is 5.32 Å². The van der Waals surface area contributed by atoms with E-state index in [4.69, 9.17) is 16.3 Å². The highest BCUT2D eigenvalue weighted by molar-refractivity contribution is 8.15. The van der Waals surface area contributed by atoms with Gasteiger partial charge >= 0.3 is 5.97 Å². The van der Waals surface area contributed by atoms with Gasteiger partial charge in [-0.3, -0.25) is 14.5 Å². The molecule has 0 spiro atoms. The molecule has 0 saturated carbocycles. The fraction of sp³-hybridized carbons (Fsp3) is 0.238. The lowest BCUT2D eigenvalue weighted by molar-refractivity contribution is -0.128. The van der Waals surface area contributed by atoms with Crippen molar-refractivity contribution in [3.05, 3.63) is 59.1 Å². The molecule has 1 aliphatic rings. The monoisotopic (exact) mass is 445 g/mol. The van der Waals surface area contributed by atoms with Crippen molar-refractivity contribution in [2.24, 2.45) is 4.99 Å². The third-order valence-corrected chi connectivity index (χ3v) is 5.87. The number of rotatable bonds is 5. The van der Waals surface area contributed by atoms with Gasteiger partial charge in [-0.15, -0.1) is 0 Å². The molecule has 2 aromatic carbocycles. The largest absolute Gasteiger partial charge is 0.462 e. The van der Waals surface area contributed by atoms with E-state index in [-0.39, 0.29) is 18.2 Å². The molecule has 1 atom stereocenters. The molecule has 0 aliphatic carbocycles. The zero-order valence-corrected chi connectivity index (χ0v) is 18.0. The summed E-state index contributed by atoms with van der Waals surface area (Å²) >= 11 is 7.29. The Kier molecular flexibility index (Phi) is 7.12. The molecule has 1 fully saturated rings. The maximum Gasteiger partial charge on any atom is 0.338 e. The summed E-state index contributed by atoms with van der Waals surface area (Å²) in [6.07, 6.45) is 0.0538. The number of anilines is 1. The third kappa shape index (κ3) is 5.20. The van der Waals surface area contributed by atoms with E-state index >= 15 is 0 Å². The van der Waals surface area contributed by atoms with Crippen molar-refractivity contribution in [1.29, 1.82) is 0 Å². The molecule has 0 bridgehead atoms. The molecule has 1 aliphatic heterocycles. The molecule has 2 amide bonds. The van der Waals surface area contributed by atoms with Gasteiger partial charge < -0.3 is 10.1 Å². The van der Waals surface area contributed by atoms with E-state index in [1.165, 1.54) is 16.7 Å². The fourth-order valence-corrected chi connectivity index (χ4v) is 3.92. The lowest BCUT2D eigenvalue weighted by Crippen LogP contribution is -2.43. The van der Waals surface area contributed by atoms with Crippen molar-refractivity contribution >= 4 is 57.7 Å². The zero-order valence-electron chi connectivity index (χ0n) is 16.4. The highest BCUT2D eigenvalue weighted by atomic mass is 35.5. The summed E-state index contributed by atoms with van der Waals surface area (Å²) in [5, 5.41) is 2.95. The number of amides is 2. The summed E-state index contributed by atoms with van der Waals surface area (Å²) < 4.78 is 4.96. The van der Waals surface area contributed by atoms with Crippen molar-refractivity contribution in [3.63, 3.8) is 0 Å². The second kappa shape index (κ2) is 9.77. The topological polar surface area (TPSA) is 88.1 Å². The number of para-hydroxylation sites is 1. The molecule has 0 radical (unpaired) electrons. The summed E-state index contributed by atoms with van der Waals surface area (Å²) in [5.74, 6) is -0.942. The maximum absolute atomic E-state index is 12.7. The number of hydrogen-bond donors (Lipinski definition) is 1. The molecule has 1 heterocycles. The summed E-state index contributed by atoms with van der Waals surface area (Å²) in [5.41, 5.74) is 1.46. The molecule has 156 valence electrons. The van der Waals surface area contributed by atoms with Crippen molar-refractivity contribution in [2.75, 3.05) is 19.0 Å². The molecule has 0 unspecified atom stereocenters. The van der Waals surface area contributed by atoms with Gasteiger partial charge in [-0.25, -0.2) is 9.79 Å². The van der Waals surface area contributed by atoms with Crippen LogP contribution in [0.4, 0.5) is 11.4 Å². The first-order valence-corrected chi connectivity index (χ1v) is 10.5. The Balaban J connectivity index is 1.76. The number of carbonyl (C=O) groups excluding carboxylic acids is 3. The van der Waals surface area contributed by atoms with Crippen LogP contribution >= 0.6 is 23.4 Å². The SMILES string of the molecule is CCOC(=O)c1ccc(N=C2S[C@H](C(=O)Nc3ccccc3Cl)CC(=O)N2C)cc1. The van der Waals surface area contributed by atoms with Crippen LogP contribution in [0.25, 0.3) is 0 Å². The summed E-state index contributed by atoms with van der Waals surface area (Å²) in [6, 6.07) is 13.4. The van der Waals surface area contributed by atoms with Crippen LogP contribution in [0.2, 0.25) is 5.02 Å². The summed E-state index contributed by atoms with van der Waals surface area (Å²) in [6.45, 7) is 2.04. The number of nitrogens with zero attached hydrogens (tertiary/aromatic N) is 2. The van der Waals surface area contributed by atoms with Crippen molar-refractivity contribution in [1.82, 2.24) is 4.90 Å². The molecular weight excluding hydrogens is 426 g/mol. The van der Waals surface area contributed by atoms with Gasteiger partial charge in [0.1, 0.15) is 5.25 Å². The highest BCUT2D eigenvalue weighted by Crippen LogP contribution is 2.30. The summed E-state index contributed by atoms with van der Waals surface area (Å²) in [4.78, 5) is 42.8. The first-order valence-electron chi connectivity index (χ1n) is 9.23. The average Bonchev–Trinajstić information content (AvgIpc) is 2.73. The Hall–Kier alpha value is -2.84. The Bertz CT molecular complexity index is 994. The second-order valence-electron chi connectivity index (χ2n) is 6.39. The van der Waals surface area contributed by atoms with Gasteiger partial charge in [-0.1, -0.05) is 35.5 Å². The lowest BCUT2D eigenvalue weighted by atomic mass is 10.2. The first kappa shape index (κ1) is 21.9. The number of esters is 1. The minimum atomic E-state index is -0.637. The molecule has 7 nitrogen and oxygen atoms in total. The van der Waals surface area contributed by atoms with Gasteiger partial charge in [-0.2, -0.15) is 0 Å². The molecule has 9 heteroatoms. The number of carbonyl (C=O) groups is 3. The van der Waals surface area contributed by atoms with Crippen LogP contribution in [0.15, 0.2) is 53.5 Å². The van der Waals surface area contributed by atoms with Crippen LogP contribution in [-0.2, 0) is 14.3 Å². The van der Waals surface area contributed by atoms with Gasteiger partial charge in [0.05, 0.1) is 28.6 Å². The Labute approximate surface area is 183 Å². The molecule has 30 heavy (non-hydrogen) atoms. The molecule has 3 rings (SSSR count). The van der Waals surface area contributed by atoms with E-state index in [1.54, 1.807) is 62.5 Å². The van der Waals surface area contributed by atoms with Crippen LogP contribution in [0.5, 0.6) is 0 Å². The molecular formula is C21H20ClN3O4S. The van der Waals surface area contributed by atoms with E-state index in [9.17, 15) is 14.4 Å². The van der Waals surface area contributed by atoms with Gasteiger partial charge in [-0.05, 0) is 43.3 Å². The predicted molar refractivity (Wildman–Crippen MR) is 118 cm³/mol. The quantitative estimate of drug-likeness (QED) is 0.700. The average molecular weight is 446 g/mol. The Morgan fingerprint density at radius 1 is 1.23 bits per heavy atom. The normalized spacial score (nSPS) is 17.7. The number of nitrogens with one attached hydrogen (secondary N) is 1. The number of hydrogen-bond acceptors (Lipinski definition) is 6. The molecule has 0 aromatic heterocycles.